The van der Waals surface area contributed by atoms with Crippen molar-refractivity contribution in [3.63, 3.8) is 0 Å². The van der Waals surface area contributed by atoms with Gasteiger partial charge in [-0.05, 0) is 49.1 Å². The molecule has 17 heavy (non-hydrogen) atoms. The molecule has 1 fully saturated rings. The van der Waals surface area contributed by atoms with Crippen molar-refractivity contribution in [3.8, 4) is 0 Å². The summed E-state index contributed by atoms with van der Waals surface area (Å²) in [6, 6.07) is 8.14. The topological polar surface area (TPSA) is 17.1 Å². The van der Waals surface area contributed by atoms with E-state index in [9.17, 15) is 4.79 Å². The summed E-state index contributed by atoms with van der Waals surface area (Å²) in [6.45, 7) is 2.28. The van der Waals surface area contributed by atoms with E-state index in [4.69, 9.17) is 0 Å². The van der Waals surface area contributed by atoms with Crippen molar-refractivity contribution in [2.45, 2.75) is 51.4 Å². The molecule has 1 aliphatic rings. The molecule has 1 heteroatoms. The molecule has 0 unspecified atom stereocenters. The Morgan fingerprint density at radius 2 is 2.00 bits per heavy atom. The maximum atomic E-state index is 10.8. The second-order valence-corrected chi connectivity index (χ2v) is 5.29. The van der Waals surface area contributed by atoms with E-state index in [1.54, 1.807) is 0 Å². The van der Waals surface area contributed by atoms with Crippen LogP contribution in [0.3, 0.4) is 0 Å². The zero-order valence-electron chi connectivity index (χ0n) is 10.7. The first-order valence-corrected chi connectivity index (χ1v) is 6.88. The molecule has 1 nitrogen and oxygen atoms in total. The van der Waals surface area contributed by atoms with Gasteiger partial charge in [0.05, 0.1) is 0 Å². The van der Waals surface area contributed by atoms with Crippen LogP contribution in [0.5, 0.6) is 0 Å². The summed E-state index contributed by atoms with van der Waals surface area (Å²) in [7, 11) is 0. The molecule has 1 aliphatic carbocycles. The first kappa shape index (κ1) is 12.3. The van der Waals surface area contributed by atoms with Crippen molar-refractivity contribution in [2.24, 2.45) is 5.92 Å². The first-order chi connectivity index (χ1) is 8.33. The number of aldehydes is 1. The Balaban J connectivity index is 1.97. The van der Waals surface area contributed by atoms with Gasteiger partial charge in [-0.25, -0.2) is 0 Å². The number of benzene rings is 1. The van der Waals surface area contributed by atoms with Crippen LogP contribution in [-0.4, -0.2) is 6.29 Å². The highest BCUT2D eigenvalue weighted by atomic mass is 16.1. The van der Waals surface area contributed by atoms with Gasteiger partial charge in [-0.15, -0.1) is 0 Å². The average Bonchev–Trinajstić information content (AvgIpc) is 2.40. The predicted molar refractivity (Wildman–Crippen MR) is 71.4 cm³/mol. The van der Waals surface area contributed by atoms with Crippen molar-refractivity contribution < 1.29 is 4.79 Å². The molecule has 1 aromatic rings. The summed E-state index contributed by atoms with van der Waals surface area (Å²) in [4.78, 5) is 10.8. The SMILES string of the molecule is CCCC1CCC(c2cccc(C=O)c2)CC1. The van der Waals surface area contributed by atoms with Crippen LogP contribution >= 0.6 is 0 Å². The Hall–Kier alpha value is -1.11. The van der Waals surface area contributed by atoms with Crippen molar-refractivity contribution in [1.29, 1.82) is 0 Å². The third-order valence-electron chi connectivity index (χ3n) is 4.06. The van der Waals surface area contributed by atoms with E-state index in [0.717, 1.165) is 17.8 Å². The van der Waals surface area contributed by atoms with Gasteiger partial charge in [0, 0.05) is 5.56 Å². The third-order valence-corrected chi connectivity index (χ3v) is 4.06. The van der Waals surface area contributed by atoms with E-state index < -0.39 is 0 Å². The minimum atomic E-state index is 0.683. The van der Waals surface area contributed by atoms with Crippen LogP contribution < -0.4 is 0 Å². The third kappa shape index (κ3) is 3.18. The minimum absolute atomic E-state index is 0.683. The first-order valence-electron chi connectivity index (χ1n) is 6.88. The molecule has 0 saturated heterocycles. The molecular weight excluding hydrogens is 208 g/mol. The van der Waals surface area contributed by atoms with Crippen LogP contribution in [0.2, 0.25) is 0 Å². The second-order valence-electron chi connectivity index (χ2n) is 5.29. The minimum Gasteiger partial charge on any atom is -0.298 e. The Morgan fingerprint density at radius 1 is 1.24 bits per heavy atom. The fourth-order valence-corrected chi connectivity index (χ4v) is 3.08. The van der Waals surface area contributed by atoms with Gasteiger partial charge >= 0.3 is 0 Å². The van der Waals surface area contributed by atoms with Crippen LogP contribution in [0.25, 0.3) is 0 Å². The molecule has 0 radical (unpaired) electrons. The molecule has 2 rings (SSSR count). The van der Waals surface area contributed by atoms with Gasteiger partial charge < -0.3 is 0 Å². The standard InChI is InChI=1S/C16H22O/c1-2-4-13-7-9-15(10-8-13)16-6-3-5-14(11-16)12-17/h3,5-6,11-13,15H,2,4,7-10H2,1H3. The predicted octanol–water partition coefficient (Wildman–Crippen LogP) is 4.57. The summed E-state index contributed by atoms with van der Waals surface area (Å²) in [6.07, 6.45) is 8.98. The van der Waals surface area contributed by atoms with Crippen LogP contribution in [0, 0.1) is 5.92 Å². The maximum absolute atomic E-state index is 10.8. The molecule has 0 amide bonds. The number of hydrogen-bond donors (Lipinski definition) is 0. The van der Waals surface area contributed by atoms with Crippen LogP contribution in [0.1, 0.15) is 67.3 Å². The average molecular weight is 230 g/mol. The van der Waals surface area contributed by atoms with Gasteiger partial charge in [0.25, 0.3) is 0 Å². The molecular formula is C16H22O. The lowest BCUT2D eigenvalue weighted by atomic mass is 9.77. The largest absolute Gasteiger partial charge is 0.298 e. The molecule has 1 aromatic carbocycles. The molecule has 1 saturated carbocycles. The van der Waals surface area contributed by atoms with E-state index in [-0.39, 0.29) is 0 Å². The zero-order valence-corrected chi connectivity index (χ0v) is 10.7. The molecule has 92 valence electrons. The highest BCUT2D eigenvalue weighted by molar-refractivity contribution is 5.75. The monoisotopic (exact) mass is 230 g/mol. The number of rotatable bonds is 4. The number of hydrogen-bond acceptors (Lipinski definition) is 1. The number of carbonyl (C=O) groups excluding carboxylic acids is 1. The summed E-state index contributed by atoms with van der Waals surface area (Å²) in [5.41, 5.74) is 2.18. The molecule has 0 heterocycles. The zero-order chi connectivity index (χ0) is 12.1. The fraction of sp³-hybridized carbons (Fsp3) is 0.562. The van der Waals surface area contributed by atoms with E-state index in [1.807, 2.05) is 12.1 Å². The summed E-state index contributed by atoms with van der Waals surface area (Å²) < 4.78 is 0. The van der Waals surface area contributed by atoms with Gasteiger partial charge in [-0.2, -0.15) is 0 Å². The lowest BCUT2D eigenvalue weighted by molar-refractivity contribution is 0.112. The van der Waals surface area contributed by atoms with Gasteiger partial charge in [0.1, 0.15) is 6.29 Å². The smallest absolute Gasteiger partial charge is 0.150 e. The summed E-state index contributed by atoms with van der Waals surface area (Å²) in [5.74, 6) is 1.63. The van der Waals surface area contributed by atoms with Crippen molar-refractivity contribution in [3.05, 3.63) is 35.4 Å². The summed E-state index contributed by atoms with van der Waals surface area (Å²) in [5, 5.41) is 0. The maximum Gasteiger partial charge on any atom is 0.150 e. The van der Waals surface area contributed by atoms with Crippen LogP contribution in [-0.2, 0) is 0 Å². The van der Waals surface area contributed by atoms with Gasteiger partial charge in [-0.3, -0.25) is 4.79 Å². The normalized spacial score (nSPS) is 24.5. The van der Waals surface area contributed by atoms with Gasteiger partial charge in [0.15, 0.2) is 0 Å². The van der Waals surface area contributed by atoms with Crippen molar-refractivity contribution >= 4 is 6.29 Å². The molecule has 0 atom stereocenters. The van der Waals surface area contributed by atoms with Crippen molar-refractivity contribution in [2.75, 3.05) is 0 Å². The highest BCUT2D eigenvalue weighted by Gasteiger charge is 2.21. The molecule has 0 bridgehead atoms. The quantitative estimate of drug-likeness (QED) is 0.692. The van der Waals surface area contributed by atoms with Crippen LogP contribution in [0.15, 0.2) is 24.3 Å². The Morgan fingerprint density at radius 3 is 2.65 bits per heavy atom. The Bertz CT molecular complexity index is 362. The molecule has 0 spiro atoms. The Labute approximate surface area is 104 Å². The Kier molecular flexibility index (Phi) is 4.36. The van der Waals surface area contributed by atoms with Crippen molar-refractivity contribution in [1.82, 2.24) is 0 Å². The lowest BCUT2D eigenvalue weighted by Crippen LogP contribution is -2.13. The van der Waals surface area contributed by atoms with E-state index in [2.05, 4.69) is 19.1 Å². The molecule has 0 N–H and O–H groups in total. The van der Waals surface area contributed by atoms with E-state index in [1.165, 1.54) is 44.1 Å². The van der Waals surface area contributed by atoms with Gasteiger partial charge in [0.2, 0.25) is 0 Å². The van der Waals surface area contributed by atoms with E-state index >= 15 is 0 Å². The lowest BCUT2D eigenvalue weighted by Gasteiger charge is -2.28. The second kappa shape index (κ2) is 6.00. The van der Waals surface area contributed by atoms with Gasteiger partial charge in [-0.1, -0.05) is 38.0 Å². The van der Waals surface area contributed by atoms with Crippen LogP contribution in [0.4, 0.5) is 0 Å². The fourth-order valence-electron chi connectivity index (χ4n) is 3.08. The number of carbonyl (C=O) groups is 1. The van der Waals surface area contributed by atoms with E-state index in [0.29, 0.717) is 5.92 Å². The molecule has 0 aliphatic heterocycles. The highest BCUT2D eigenvalue weighted by Crippen LogP contribution is 2.37. The summed E-state index contributed by atoms with van der Waals surface area (Å²) >= 11 is 0. The molecule has 0 aromatic heterocycles.